The third kappa shape index (κ3) is 2.36. The predicted octanol–water partition coefficient (Wildman–Crippen LogP) is 3.28. The van der Waals surface area contributed by atoms with Gasteiger partial charge < -0.3 is 9.99 Å². The van der Waals surface area contributed by atoms with Crippen molar-refractivity contribution in [1.29, 1.82) is 0 Å². The van der Waals surface area contributed by atoms with E-state index in [0.29, 0.717) is 5.75 Å². The minimum atomic E-state index is 0.0128. The van der Waals surface area contributed by atoms with Crippen molar-refractivity contribution in [2.45, 2.75) is 46.1 Å². The number of benzene rings is 1. The van der Waals surface area contributed by atoms with E-state index < -0.39 is 0 Å². The van der Waals surface area contributed by atoms with Gasteiger partial charge in [-0.25, -0.2) is 5.26 Å². The molecule has 16 heavy (non-hydrogen) atoms. The smallest absolute Gasteiger partial charge is 0.168 e. The molecule has 0 unspecified atom stereocenters. The summed E-state index contributed by atoms with van der Waals surface area (Å²) in [4.78, 5) is 4.42. The van der Waals surface area contributed by atoms with Crippen molar-refractivity contribution in [2.75, 3.05) is 0 Å². The number of aliphatic hydroxyl groups excluding tert-OH is 1. The van der Waals surface area contributed by atoms with Crippen LogP contribution in [0.25, 0.3) is 0 Å². The molecule has 0 aliphatic rings. The van der Waals surface area contributed by atoms with Gasteiger partial charge in [-0.1, -0.05) is 33.8 Å². The van der Waals surface area contributed by atoms with Crippen LogP contribution in [0.2, 0.25) is 0 Å². The summed E-state index contributed by atoms with van der Waals surface area (Å²) < 4.78 is 0. The maximum Gasteiger partial charge on any atom is 0.168 e. The maximum atomic E-state index is 9.33. The van der Waals surface area contributed by atoms with E-state index in [0.717, 1.165) is 16.7 Å². The topological polar surface area (TPSA) is 49.7 Å². The van der Waals surface area contributed by atoms with Crippen LogP contribution in [-0.2, 0) is 6.61 Å². The van der Waals surface area contributed by atoms with Gasteiger partial charge in [-0.05, 0) is 29.0 Å². The highest BCUT2D eigenvalue weighted by Gasteiger charge is 2.19. The van der Waals surface area contributed by atoms with Crippen LogP contribution in [0.3, 0.4) is 0 Å². The highest BCUT2D eigenvalue weighted by molar-refractivity contribution is 5.48. The van der Waals surface area contributed by atoms with Crippen molar-refractivity contribution in [2.24, 2.45) is 0 Å². The average Bonchev–Trinajstić information content (AvgIpc) is 2.26. The molecule has 0 spiro atoms. The highest BCUT2D eigenvalue weighted by Crippen LogP contribution is 2.36. The molecule has 0 aromatic heterocycles. The first kappa shape index (κ1) is 13.0. The van der Waals surface area contributed by atoms with Crippen molar-refractivity contribution in [1.82, 2.24) is 0 Å². The van der Waals surface area contributed by atoms with Gasteiger partial charge in [-0.3, -0.25) is 0 Å². The van der Waals surface area contributed by atoms with E-state index in [1.165, 1.54) is 0 Å². The first-order valence-electron chi connectivity index (χ1n) is 5.60. The number of aliphatic hydroxyl groups is 1. The average molecular weight is 224 g/mol. The van der Waals surface area contributed by atoms with E-state index in [1.54, 1.807) is 12.1 Å². The van der Waals surface area contributed by atoms with E-state index >= 15 is 0 Å². The van der Waals surface area contributed by atoms with Crippen LogP contribution in [0, 0.1) is 0 Å². The van der Waals surface area contributed by atoms with Crippen LogP contribution < -0.4 is 4.89 Å². The molecule has 0 saturated heterocycles. The Labute approximate surface area is 96.6 Å². The minimum absolute atomic E-state index is 0.0128. The Morgan fingerprint density at radius 3 is 2.00 bits per heavy atom. The summed E-state index contributed by atoms with van der Waals surface area (Å²) in [6.07, 6.45) is 0. The van der Waals surface area contributed by atoms with Gasteiger partial charge in [0.05, 0.1) is 6.61 Å². The number of rotatable bonds is 4. The van der Waals surface area contributed by atoms with E-state index in [2.05, 4.69) is 18.7 Å². The molecule has 3 nitrogen and oxygen atoms in total. The van der Waals surface area contributed by atoms with Crippen LogP contribution >= 0.6 is 0 Å². The second kappa shape index (κ2) is 5.32. The quantitative estimate of drug-likeness (QED) is 0.609. The number of hydrogen-bond donors (Lipinski definition) is 2. The molecule has 0 heterocycles. The van der Waals surface area contributed by atoms with Crippen LogP contribution in [0.15, 0.2) is 12.1 Å². The second-order valence-corrected chi connectivity index (χ2v) is 4.61. The third-order valence-electron chi connectivity index (χ3n) is 2.76. The Hall–Kier alpha value is -1.06. The predicted molar refractivity (Wildman–Crippen MR) is 63.8 cm³/mol. The molecule has 2 N–H and O–H groups in total. The van der Waals surface area contributed by atoms with Crippen LogP contribution in [0.1, 0.15) is 56.2 Å². The number of hydrogen-bond acceptors (Lipinski definition) is 3. The van der Waals surface area contributed by atoms with Gasteiger partial charge in [-0.15, -0.1) is 0 Å². The molecule has 0 saturated carbocycles. The normalized spacial score (nSPS) is 11.2. The lowest BCUT2D eigenvalue weighted by atomic mass is 9.86. The first-order chi connectivity index (χ1) is 7.52. The fourth-order valence-corrected chi connectivity index (χ4v) is 2.16. The second-order valence-electron chi connectivity index (χ2n) is 4.61. The molecule has 0 amide bonds. The van der Waals surface area contributed by atoms with E-state index in [-0.39, 0.29) is 18.4 Å². The van der Waals surface area contributed by atoms with Gasteiger partial charge in [0.25, 0.3) is 0 Å². The lowest BCUT2D eigenvalue weighted by molar-refractivity contribution is -0.138. The van der Waals surface area contributed by atoms with Gasteiger partial charge in [-0.2, -0.15) is 0 Å². The van der Waals surface area contributed by atoms with Crippen LogP contribution in [-0.4, -0.2) is 10.4 Å². The first-order valence-corrected chi connectivity index (χ1v) is 5.60. The van der Waals surface area contributed by atoms with Gasteiger partial charge in [0.2, 0.25) is 0 Å². The largest absolute Gasteiger partial charge is 0.392 e. The van der Waals surface area contributed by atoms with Gasteiger partial charge in [0, 0.05) is 5.56 Å². The summed E-state index contributed by atoms with van der Waals surface area (Å²) in [6.45, 7) is 8.25. The lowest BCUT2D eigenvalue weighted by Gasteiger charge is -2.21. The standard InChI is InChI=1S/C13H20O3/c1-8(2)12-10(7-14)5-6-11(16-15)13(12)9(3)4/h5-6,8-9,14-15H,7H2,1-4H3. The minimum Gasteiger partial charge on any atom is -0.392 e. The van der Waals surface area contributed by atoms with Gasteiger partial charge >= 0.3 is 0 Å². The molecule has 1 aromatic carbocycles. The van der Waals surface area contributed by atoms with Crippen molar-refractivity contribution in [3.05, 3.63) is 28.8 Å². The summed E-state index contributed by atoms with van der Waals surface area (Å²) in [6, 6.07) is 3.50. The lowest BCUT2D eigenvalue weighted by Crippen LogP contribution is -2.06. The van der Waals surface area contributed by atoms with Gasteiger partial charge in [0.15, 0.2) is 5.75 Å². The Balaban J connectivity index is 3.47. The molecule has 0 aliphatic heterocycles. The summed E-state index contributed by atoms with van der Waals surface area (Å²) in [5.41, 5.74) is 2.95. The van der Waals surface area contributed by atoms with E-state index in [4.69, 9.17) is 5.26 Å². The summed E-state index contributed by atoms with van der Waals surface area (Å²) in [7, 11) is 0. The summed E-state index contributed by atoms with van der Waals surface area (Å²) in [5, 5.41) is 18.2. The molecular formula is C13H20O3. The third-order valence-corrected chi connectivity index (χ3v) is 2.76. The maximum absolute atomic E-state index is 9.33. The zero-order valence-corrected chi connectivity index (χ0v) is 10.3. The molecule has 0 bridgehead atoms. The summed E-state index contributed by atoms with van der Waals surface area (Å²) >= 11 is 0. The SMILES string of the molecule is CC(C)c1c(CO)ccc(OO)c1C(C)C. The highest BCUT2D eigenvalue weighted by atomic mass is 17.1. The molecular weight excluding hydrogens is 204 g/mol. The summed E-state index contributed by atoms with van der Waals surface area (Å²) in [5.74, 6) is 1.01. The molecule has 1 rings (SSSR count). The Morgan fingerprint density at radius 2 is 1.62 bits per heavy atom. The van der Waals surface area contributed by atoms with Crippen LogP contribution in [0.5, 0.6) is 5.75 Å². The van der Waals surface area contributed by atoms with Crippen LogP contribution in [0.4, 0.5) is 0 Å². The Morgan fingerprint density at radius 1 is 1.06 bits per heavy atom. The molecule has 0 atom stereocenters. The molecule has 1 aromatic rings. The fraction of sp³-hybridized carbons (Fsp3) is 0.538. The van der Waals surface area contributed by atoms with Crippen molar-refractivity contribution >= 4 is 0 Å². The molecule has 3 heteroatoms. The van der Waals surface area contributed by atoms with Crippen molar-refractivity contribution in [3.63, 3.8) is 0 Å². The Kier molecular flexibility index (Phi) is 4.33. The van der Waals surface area contributed by atoms with Crippen molar-refractivity contribution < 1.29 is 15.3 Å². The Bertz CT molecular complexity index is 321. The zero-order chi connectivity index (χ0) is 12.3. The van der Waals surface area contributed by atoms with Crippen molar-refractivity contribution in [3.8, 4) is 5.75 Å². The van der Waals surface area contributed by atoms with E-state index in [9.17, 15) is 5.11 Å². The molecule has 0 radical (unpaired) electrons. The monoisotopic (exact) mass is 224 g/mol. The van der Waals surface area contributed by atoms with E-state index in [1.807, 2.05) is 13.8 Å². The molecule has 90 valence electrons. The molecule has 0 aliphatic carbocycles. The zero-order valence-electron chi connectivity index (χ0n) is 10.3. The van der Waals surface area contributed by atoms with Gasteiger partial charge in [0.1, 0.15) is 0 Å². The molecule has 0 fully saturated rings. The fourth-order valence-electron chi connectivity index (χ4n) is 2.16.